The summed E-state index contributed by atoms with van der Waals surface area (Å²) in [4.78, 5) is 11.5. The smallest absolute Gasteiger partial charge is 0.310 e. The fraction of sp³-hybridized carbons (Fsp3) is 0.227. The fourth-order valence-electron chi connectivity index (χ4n) is 3.26. The summed E-state index contributed by atoms with van der Waals surface area (Å²) in [5, 5.41) is 13.7. The van der Waals surface area contributed by atoms with Gasteiger partial charge in [0.2, 0.25) is 0 Å². The minimum Gasteiger partial charge on any atom is -0.481 e. The van der Waals surface area contributed by atoms with E-state index in [0.717, 1.165) is 11.1 Å². The number of rotatable bonds is 6. The minimum absolute atomic E-state index is 0.464. The lowest BCUT2D eigenvalue weighted by atomic mass is 9.77. The Morgan fingerprint density at radius 3 is 2.54 bits per heavy atom. The molecule has 0 aromatic heterocycles. The van der Waals surface area contributed by atoms with Crippen molar-refractivity contribution >= 4 is 17.6 Å². The number of hydrogen-bond acceptors (Lipinski definition) is 2. The van der Waals surface area contributed by atoms with Gasteiger partial charge in [0.05, 0.1) is 11.5 Å². The Hall–Kier alpha value is -2.36. The van der Waals surface area contributed by atoms with Crippen molar-refractivity contribution in [3.63, 3.8) is 0 Å². The third-order valence-electron chi connectivity index (χ3n) is 4.91. The van der Waals surface area contributed by atoms with E-state index in [9.17, 15) is 9.90 Å². The molecule has 134 valence electrons. The Bertz CT molecular complexity index is 827. The molecule has 1 unspecified atom stereocenters. The predicted octanol–water partition coefficient (Wildman–Crippen LogP) is 4.93. The van der Waals surface area contributed by atoms with E-state index in [1.54, 1.807) is 6.92 Å². The summed E-state index contributed by atoms with van der Waals surface area (Å²) in [6.45, 7) is 2.42. The molecule has 2 aromatic carbocycles. The second kappa shape index (κ2) is 7.90. The molecule has 4 heteroatoms. The number of allylic oxidation sites excluding steroid dienone is 2. The monoisotopic (exact) mass is 367 g/mol. The molecule has 26 heavy (non-hydrogen) atoms. The maximum absolute atomic E-state index is 11.5. The van der Waals surface area contributed by atoms with Crippen molar-refractivity contribution in [2.75, 3.05) is 0 Å². The quantitative estimate of drug-likeness (QED) is 0.760. The van der Waals surface area contributed by atoms with Gasteiger partial charge in [-0.15, -0.1) is 0 Å². The minimum atomic E-state index is -0.806. The Kier molecular flexibility index (Phi) is 5.60. The van der Waals surface area contributed by atoms with Crippen molar-refractivity contribution in [1.82, 2.24) is 5.32 Å². The third kappa shape index (κ3) is 4.06. The van der Waals surface area contributed by atoms with Crippen LogP contribution in [0, 0.1) is 5.92 Å². The van der Waals surface area contributed by atoms with Gasteiger partial charge in [0, 0.05) is 11.6 Å². The maximum atomic E-state index is 11.5. The summed E-state index contributed by atoms with van der Waals surface area (Å²) < 4.78 is 0. The zero-order valence-electron chi connectivity index (χ0n) is 14.7. The van der Waals surface area contributed by atoms with E-state index in [1.165, 1.54) is 5.56 Å². The van der Waals surface area contributed by atoms with Crippen molar-refractivity contribution in [3.05, 3.63) is 94.5 Å². The van der Waals surface area contributed by atoms with Crippen molar-refractivity contribution in [3.8, 4) is 0 Å². The van der Waals surface area contributed by atoms with Crippen LogP contribution in [-0.4, -0.2) is 11.1 Å². The second-order valence-electron chi connectivity index (χ2n) is 6.65. The highest BCUT2D eigenvalue weighted by atomic mass is 35.5. The van der Waals surface area contributed by atoms with Crippen LogP contribution in [0.25, 0.3) is 0 Å². The summed E-state index contributed by atoms with van der Waals surface area (Å²) >= 11 is 6.06. The Morgan fingerprint density at radius 1 is 1.19 bits per heavy atom. The molecule has 0 bridgehead atoms. The standard InChI is InChI=1S/C22H22ClNO2/c1-16(21(25)26)18-8-5-13-22(14-18,19-9-11-20(23)12-10-19)24-15-17-6-3-2-4-7-17/h2-13,16,24H,14-15H2,1H3,(H,25,26)/t16-,22?/m1/s1. The third-order valence-corrected chi connectivity index (χ3v) is 5.16. The van der Waals surface area contributed by atoms with Gasteiger partial charge in [-0.1, -0.05) is 77.9 Å². The van der Waals surface area contributed by atoms with E-state index in [2.05, 4.69) is 23.5 Å². The van der Waals surface area contributed by atoms with Crippen LogP contribution in [-0.2, 0) is 16.9 Å². The van der Waals surface area contributed by atoms with E-state index in [4.69, 9.17) is 11.6 Å². The fourth-order valence-corrected chi connectivity index (χ4v) is 3.38. The van der Waals surface area contributed by atoms with Gasteiger partial charge in [-0.3, -0.25) is 10.1 Å². The molecular formula is C22H22ClNO2. The number of carbonyl (C=O) groups is 1. The molecule has 3 rings (SSSR count). The molecule has 1 aliphatic carbocycles. The number of benzene rings is 2. The van der Waals surface area contributed by atoms with Crippen LogP contribution in [0.1, 0.15) is 24.5 Å². The molecule has 0 aliphatic heterocycles. The lowest BCUT2D eigenvalue weighted by Crippen LogP contribution is -2.42. The van der Waals surface area contributed by atoms with Crippen LogP contribution in [0.2, 0.25) is 5.02 Å². The largest absolute Gasteiger partial charge is 0.481 e. The molecule has 0 spiro atoms. The van der Waals surface area contributed by atoms with Crippen LogP contribution < -0.4 is 5.32 Å². The van der Waals surface area contributed by atoms with Gasteiger partial charge in [-0.05, 0) is 36.6 Å². The Balaban J connectivity index is 1.92. The molecule has 2 atom stereocenters. The van der Waals surface area contributed by atoms with E-state index in [-0.39, 0.29) is 0 Å². The average molecular weight is 368 g/mol. The van der Waals surface area contributed by atoms with Crippen LogP contribution in [0.3, 0.4) is 0 Å². The lowest BCUT2D eigenvalue weighted by molar-refractivity contribution is -0.139. The van der Waals surface area contributed by atoms with Gasteiger partial charge >= 0.3 is 5.97 Å². The molecule has 0 amide bonds. The molecule has 0 fully saturated rings. The Morgan fingerprint density at radius 2 is 1.88 bits per heavy atom. The number of nitrogens with one attached hydrogen (secondary N) is 1. The van der Waals surface area contributed by atoms with Gasteiger partial charge in [-0.25, -0.2) is 0 Å². The van der Waals surface area contributed by atoms with Crippen LogP contribution in [0.5, 0.6) is 0 Å². The van der Waals surface area contributed by atoms with Gasteiger partial charge < -0.3 is 5.11 Å². The number of carboxylic acid groups (broad SMARTS) is 1. The van der Waals surface area contributed by atoms with Crippen molar-refractivity contribution < 1.29 is 9.90 Å². The lowest BCUT2D eigenvalue weighted by Gasteiger charge is -2.36. The number of hydrogen-bond donors (Lipinski definition) is 2. The molecule has 0 saturated heterocycles. The van der Waals surface area contributed by atoms with E-state index >= 15 is 0 Å². The van der Waals surface area contributed by atoms with Crippen LogP contribution in [0.4, 0.5) is 0 Å². The highest BCUT2D eigenvalue weighted by Crippen LogP contribution is 2.36. The zero-order chi connectivity index (χ0) is 18.6. The highest BCUT2D eigenvalue weighted by molar-refractivity contribution is 6.30. The van der Waals surface area contributed by atoms with Gasteiger partial charge in [0.15, 0.2) is 0 Å². The average Bonchev–Trinajstić information content (AvgIpc) is 2.67. The number of aliphatic carboxylic acids is 1. The molecule has 2 aromatic rings. The van der Waals surface area contributed by atoms with E-state index in [0.29, 0.717) is 18.0 Å². The predicted molar refractivity (Wildman–Crippen MR) is 105 cm³/mol. The summed E-state index contributed by atoms with van der Waals surface area (Å²) in [7, 11) is 0. The summed E-state index contributed by atoms with van der Waals surface area (Å²) in [5.41, 5.74) is 2.68. The molecule has 0 heterocycles. The highest BCUT2D eigenvalue weighted by Gasteiger charge is 2.34. The summed E-state index contributed by atoms with van der Waals surface area (Å²) in [6.07, 6.45) is 6.57. The maximum Gasteiger partial charge on any atom is 0.310 e. The topological polar surface area (TPSA) is 49.3 Å². The first-order valence-corrected chi connectivity index (χ1v) is 9.04. The van der Waals surface area contributed by atoms with Crippen molar-refractivity contribution in [2.45, 2.75) is 25.4 Å². The SMILES string of the molecule is C[C@@H](C(=O)O)C1=CC=CC(NCc2ccccc2)(c2ccc(Cl)cc2)C1. The van der Waals surface area contributed by atoms with Crippen LogP contribution in [0.15, 0.2) is 78.4 Å². The van der Waals surface area contributed by atoms with Gasteiger partial charge in [0.25, 0.3) is 0 Å². The number of halogens is 1. The van der Waals surface area contributed by atoms with E-state index in [1.807, 2.05) is 54.6 Å². The van der Waals surface area contributed by atoms with Gasteiger partial charge in [-0.2, -0.15) is 0 Å². The molecular weight excluding hydrogens is 346 g/mol. The normalized spacial score (nSPS) is 20.5. The van der Waals surface area contributed by atoms with E-state index < -0.39 is 17.4 Å². The molecule has 1 aliphatic rings. The Labute approximate surface area is 159 Å². The molecule has 0 saturated carbocycles. The zero-order valence-corrected chi connectivity index (χ0v) is 15.4. The van der Waals surface area contributed by atoms with Crippen molar-refractivity contribution in [1.29, 1.82) is 0 Å². The molecule has 3 nitrogen and oxygen atoms in total. The second-order valence-corrected chi connectivity index (χ2v) is 7.09. The van der Waals surface area contributed by atoms with Crippen LogP contribution >= 0.6 is 11.6 Å². The first kappa shape index (κ1) is 18.4. The van der Waals surface area contributed by atoms with Crippen molar-refractivity contribution in [2.24, 2.45) is 5.92 Å². The first-order chi connectivity index (χ1) is 12.5. The molecule has 0 radical (unpaired) electrons. The van der Waals surface area contributed by atoms with Gasteiger partial charge in [0.1, 0.15) is 0 Å². The number of carboxylic acids is 1. The summed E-state index contributed by atoms with van der Waals surface area (Å²) in [5.74, 6) is -1.33. The first-order valence-electron chi connectivity index (χ1n) is 8.66. The summed E-state index contributed by atoms with van der Waals surface area (Å²) in [6, 6.07) is 17.9. The molecule has 2 N–H and O–H groups in total.